The van der Waals surface area contributed by atoms with Crippen LogP contribution in [0.2, 0.25) is 0 Å². The number of anilines is 1. The average Bonchev–Trinajstić information content (AvgIpc) is 2.94. The van der Waals surface area contributed by atoms with Gasteiger partial charge in [-0.2, -0.15) is 0 Å². The summed E-state index contributed by atoms with van der Waals surface area (Å²) in [6.07, 6.45) is 1.85. The summed E-state index contributed by atoms with van der Waals surface area (Å²) >= 11 is 1.18. The van der Waals surface area contributed by atoms with E-state index in [4.69, 9.17) is 4.74 Å². The number of benzene rings is 1. The normalized spacial score (nSPS) is 16.1. The lowest BCUT2D eigenvalue weighted by Gasteiger charge is -2.22. The summed E-state index contributed by atoms with van der Waals surface area (Å²) in [6, 6.07) is 10.0. The van der Waals surface area contributed by atoms with Gasteiger partial charge in [0.1, 0.15) is 5.00 Å². The second-order valence-corrected chi connectivity index (χ2v) is 7.42. The van der Waals surface area contributed by atoms with Crippen LogP contribution in [0.1, 0.15) is 51.4 Å². The molecule has 1 aromatic carbocycles. The number of ketones is 1. The third-order valence-corrected chi connectivity index (χ3v) is 5.55. The fraction of sp³-hybridized carbons (Fsp3) is 0.350. The molecule has 26 heavy (non-hydrogen) atoms. The number of carbonyl (C=O) groups is 3. The molecule has 0 saturated heterocycles. The van der Waals surface area contributed by atoms with E-state index in [0.717, 1.165) is 12.0 Å². The molecule has 1 amide bonds. The summed E-state index contributed by atoms with van der Waals surface area (Å²) in [6.45, 7) is 3.36. The minimum atomic E-state index is -0.484. The van der Waals surface area contributed by atoms with Crippen LogP contribution in [-0.4, -0.2) is 24.3 Å². The Morgan fingerprint density at radius 3 is 2.62 bits per heavy atom. The number of fused-ring (bicyclic) bond motifs is 1. The van der Waals surface area contributed by atoms with Crippen molar-refractivity contribution in [1.82, 2.24) is 0 Å². The Hall–Kier alpha value is -2.47. The number of carbonyl (C=O) groups excluding carboxylic acids is 3. The third kappa shape index (κ3) is 3.85. The number of thiophene rings is 1. The summed E-state index contributed by atoms with van der Waals surface area (Å²) in [5, 5.41) is 3.09. The Labute approximate surface area is 156 Å². The summed E-state index contributed by atoms with van der Waals surface area (Å²) < 4.78 is 5.17. The number of hydrogen-bond acceptors (Lipinski definition) is 5. The molecule has 0 aliphatic heterocycles. The zero-order valence-electron chi connectivity index (χ0n) is 14.8. The lowest BCUT2D eigenvalue weighted by atomic mass is 9.82. The molecule has 136 valence electrons. The Kier molecular flexibility index (Phi) is 5.52. The van der Waals surface area contributed by atoms with Crippen molar-refractivity contribution in [1.29, 1.82) is 0 Å². The number of Topliss-reactive ketones (excluding diaryl/α,β-unsaturated/α-hetero) is 1. The Morgan fingerprint density at radius 1 is 1.23 bits per heavy atom. The number of esters is 1. The van der Waals surface area contributed by atoms with Crippen LogP contribution in [0.25, 0.3) is 0 Å². The number of rotatable bonds is 5. The van der Waals surface area contributed by atoms with E-state index in [1.54, 1.807) is 6.92 Å². The minimum absolute atomic E-state index is 0.0272. The van der Waals surface area contributed by atoms with E-state index in [9.17, 15) is 14.4 Å². The lowest BCUT2D eigenvalue weighted by Crippen LogP contribution is -2.22. The molecule has 1 aromatic heterocycles. The van der Waals surface area contributed by atoms with Crippen LogP contribution in [0.5, 0.6) is 0 Å². The van der Waals surface area contributed by atoms with Gasteiger partial charge in [0.05, 0.1) is 17.0 Å². The highest BCUT2D eigenvalue weighted by Crippen LogP contribution is 2.40. The summed E-state index contributed by atoms with van der Waals surface area (Å²) in [7, 11) is 0. The van der Waals surface area contributed by atoms with E-state index >= 15 is 0 Å². The van der Waals surface area contributed by atoms with Gasteiger partial charge in [-0.3, -0.25) is 9.59 Å². The van der Waals surface area contributed by atoms with Gasteiger partial charge < -0.3 is 10.1 Å². The fourth-order valence-corrected chi connectivity index (χ4v) is 4.57. The van der Waals surface area contributed by atoms with E-state index < -0.39 is 5.97 Å². The topological polar surface area (TPSA) is 72.5 Å². The highest BCUT2D eigenvalue weighted by atomic mass is 32.1. The molecule has 1 atom stereocenters. The molecular weight excluding hydrogens is 350 g/mol. The van der Waals surface area contributed by atoms with E-state index in [1.165, 1.54) is 23.8 Å². The van der Waals surface area contributed by atoms with Crippen LogP contribution in [0.4, 0.5) is 5.00 Å². The Balaban J connectivity index is 1.95. The van der Waals surface area contributed by atoms with Gasteiger partial charge in [0, 0.05) is 13.3 Å². The molecule has 0 bridgehead atoms. The van der Waals surface area contributed by atoms with Crippen LogP contribution in [-0.2, 0) is 22.4 Å². The van der Waals surface area contributed by atoms with Crippen molar-refractivity contribution in [3.63, 3.8) is 0 Å². The molecule has 0 radical (unpaired) electrons. The zero-order valence-corrected chi connectivity index (χ0v) is 15.7. The molecule has 1 N–H and O–H groups in total. The van der Waals surface area contributed by atoms with Crippen molar-refractivity contribution in [2.75, 3.05) is 11.9 Å². The van der Waals surface area contributed by atoms with Crippen molar-refractivity contribution in [2.45, 2.75) is 33.1 Å². The predicted octanol–water partition coefficient (Wildman–Crippen LogP) is 3.87. The molecule has 0 fully saturated rings. The first-order valence-corrected chi connectivity index (χ1v) is 9.48. The maximum absolute atomic E-state index is 12.7. The van der Waals surface area contributed by atoms with Crippen LogP contribution >= 0.6 is 11.3 Å². The number of hydrogen-bond donors (Lipinski definition) is 1. The lowest BCUT2D eigenvalue weighted by molar-refractivity contribution is -0.114. The molecule has 1 aliphatic carbocycles. The number of nitrogens with one attached hydrogen (secondary N) is 1. The SMILES string of the molecule is CCOC(=O)c1c(NC(C)=O)sc2c1CC(Cc1ccccc1)CC2=O. The fourth-order valence-electron chi connectivity index (χ4n) is 3.36. The highest BCUT2D eigenvalue weighted by Gasteiger charge is 2.34. The van der Waals surface area contributed by atoms with E-state index in [2.05, 4.69) is 5.32 Å². The van der Waals surface area contributed by atoms with E-state index in [0.29, 0.717) is 28.3 Å². The molecule has 2 aromatic rings. The molecule has 0 spiro atoms. The van der Waals surface area contributed by atoms with Gasteiger partial charge in [0.2, 0.25) is 5.91 Å². The zero-order chi connectivity index (χ0) is 18.7. The van der Waals surface area contributed by atoms with Crippen molar-refractivity contribution in [3.05, 3.63) is 51.9 Å². The van der Waals surface area contributed by atoms with Gasteiger partial charge in [-0.05, 0) is 36.8 Å². The second-order valence-electron chi connectivity index (χ2n) is 6.40. The van der Waals surface area contributed by atoms with Gasteiger partial charge in [-0.15, -0.1) is 11.3 Å². The van der Waals surface area contributed by atoms with Gasteiger partial charge in [-0.25, -0.2) is 4.79 Å². The van der Waals surface area contributed by atoms with Crippen LogP contribution in [0.15, 0.2) is 30.3 Å². The van der Waals surface area contributed by atoms with E-state index in [-0.39, 0.29) is 24.2 Å². The van der Waals surface area contributed by atoms with Gasteiger partial charge in [0.15, 0.2) is 5.78 Å². The molecule has 1 unspecified atom stereocenters. The molecule has 6 heteroatoms. The molecule has 0 saturated carbocycles. The number of ether oxygens (including phenoxy) is 1. The first-order chi connectivity index (χ1) is 12.5. The highest BCUT2D eigenvalue weighted by molar-refractivity contribution is 7.18. The summed E-state index contributed by atoms with van der Waals surface area (Å²) in [5.41, 5.74) is 2.23. The third-order valence-electron chi connectivity index (χ3n) is 4.36. The van der Waals surface area contributed by atoms with Gasteiger partial charge in [-0.1, -0.05) is 30.3 Å². The monoisotopic (exact) mass is 371 g/mol. The maximum atomic E-state index is 12.7. The Bertz CT molecular complexity index is 841. The summed E-state index contributed by atoms with van der Waals surface area (Å²) in [4.78, 5) is 37.2. The van der Waals surface area contributed by atoms with Crippen molar-refractivity contribution < 1.29 is 19.1 Å². The van der Waals surface area contributed by atoms with Crippen molar-refractivity contribution in [3.8, 4) is 0 Å². The minimum Gasteiger partial charge on any atom is -0.462 e. The quantitative estimate of drug-likeness (QED) is 0.810. The van der Waals surface area contributed by atoms with Crippen molar-refractivity contribution in [2.24, 2.45) is 5.92 Å². The average molecular weight is 371 g/mol. The van der Waals surface area contributed by atoms with Gasteiger partial charge >= 0.3 is 5.97 Å². The molecule has 1 aliphatic rings. The molecule has 3 rings (SSSR count). The van der Waals surface area contributed by atoms with Crippen LogP contribution < -0.4 is 5.32 Å². The largest absolute Gasteiger partial charge is 0.462 e. The molecular formula is C20H21NO4S. The van der Waals surface area contributed by atoms with Crippen LogP contribution in [0.3, 0.4) is 0 Å². The first kappa shape index (κ1) is 18.3. The standard InChI is InChI=1S/C20H21NO4S/c1-3-25-20(24)17-15-10-14(9-13-7-5-4-6-8-13)11-16(23)18(15)26-19(17)21-12(2)22/h4-8,14H,3,9-11H2,1-2H3,(H,21,22). The van der Waals surface area contributed by atoms with Crippen LogP contribution in [0, 0.1) is 5.92 Å². The van der Waals surface area contributed by atoms with E-state index in [1.807, 2.05) is 30.3 Å². The molecule has 1 heterocycles. The summed E-state index contributed by atoms with van der Waals surface area (Å²) in [5.74, 6) is -0.603. The molecule has 5 nitrogen and oxygen atoms in total. The maximum Gasteiger partial charge on any atom is 0.341 e. The number of amides is 1. The smallest absolute Gasteiger partial charge is 0.341 e. The van der Waals surface area contributed by atoms with Crippen molar-refractivity contribution >= 4 is 34.0 Å². The predicted molar refractivity (Wildman–Crippen MR) is 101 cm³/mol. The van der Waals surface area contributed by atoms with Gasteiger partial charge in [0.25, 0.3) is 0 Å². The second kappa shape index (κ2) is 7.83. The first-order valence-electron chi connectivity index (χ1n) is 8.67. The Morgan fingerprint density at radius 2 is 1.96 bits per heavy atom.